The average molecular weight is 435 g/mol. The average Bonchev–Trinajstić information content (AvgIpc) is 2.85. The Hall–Kier alpha value is -2.54. The Morgan fingerprint density at radius 3 is 1.75 bits per heavy atom. The fourth-order valence-electron chi connectivity index (χ4n) is 3.72. The van der Waals surface area contributed by atoms with Gasteiger partial charge >= 0.3 is 0 Å². The molecular formula is C27H30O5. The molecule has 0 aromatic heterocycles. The zero-order valence-corrected chi connectivity index (χ0v) is 18.1. The summed E-state index contributed by atoms with van der Waals surface area (Å²) in [7, 11) is 0. The molecule has 5 nitrogen and oxygen atoms in total. The molecule has 0 amide bonds. The summed E-state index contributed by atoms with van der Waals surface area (Å²) < 4.78 is 24.0. The van der Waals surface area contributed by atoms with Gasteiger partial charge in [0.25, 0.3) is 0 Å². The summed E-state index contributed by atoms with van der Waals surface area (Å²) in [6.45, 7) is 1.57. The summed E-state index contributed by atoms with van der Waals surface area (Å²) in [5.74, 6) is 0. The van der Waals surface area contributed by atoms with Crippen molar-refractivity contribution < 1.29 is 24.1 Å². The van der Waals surface area contributed by atoms with Gasteiger partial charge in [0.1, 0.15) is 12.2 Å². The molecule has 4 rings (SSSR count). The highest BCUT2D eigenvalue weighted by Crippen LogP contribution is 2.26. The van der Waals surface area contributed by atoms with Crippen molar-refractivity contribution in [3.8, 4) is 0 Å². The van der Waals surface area contributed by atoms with Crippen LogP contribution in [0.2, 0.25) is 0 Å². The summed E-state index contributed by atoms with van der Waals surface area (Å²) in [5.41, 5.74) is 3.21. The van der Waals surface area contributed by atoms with Crippen LogP contribution in [0.25, 0.3) is 0 Å². The largest absolute Gasteiger partial charge is 0.388 e. The van der Waals surface area contributed by atoms with Gasteiger partial charge < -0.3 is 24.1 Å². The predicted molar refractivity (Wildman–Crippen MR) is 122 cm³/mol. The molecule has 3 aromatic carbocycles. The smallest absolute Gasteiger partial charge is 0.161 e. The van der Waals surface area contributed by atoms with Crippen molar-refractivity contribution in [2.45, 2.75) is 50.8 Å². The number of benzene rings is 3. The molecule has 0 bridgehead atoms. The van der Waals surface area contributed by atoms with Crippen LogP contribution in [-0.4, -0.2) is 36.3 Å². The third-order valence-electron chi connectivity index (χ3n) is 5.49. The van der Waals surface area contributed by atoms with Gasteiger partial charge in [0, 0.05) is 6.42 Å². The van der Waals surface area contributed by atoms with E-state index < -0.39 is 24.6 Å². The van der Waals surface area contributed by atoms with Crippen LogP contribution in [0.3, 0.4) is 0 Å². The molecule has 0 saturated carbocycles. The Labute approximate surface area is 189 Å². The monoisotopic (exact) mass is 434 g/mol. The first kappa shape index (κ1) is 22.6. The number of hydrogen-bond donors (Lipinski definition) is 1. The summed E-state index contributed by atoms with van der Waals surface area (Å²) >= 11 is 0. The summed E-state index contributed by atoms with van der Waals surface area (Å²) in [6.07, 6.45) is -1.77. The Balaban J connectivity index is 1.36. The summed E-state index contributed by atoms with van der Waals surface area (Å²) in [4.78, 5) is 0. The topological polar surface area (TPSA) is 57.2 Å². The van der Waals surface area contributed by atoms with Crippen molar-refractivity contribution in [1.29, 1.82) is 0 Å². The lowest BCUT2D eigenvalue weighted by molar-refractivity contribution is -0.271. The molecule has 1 aliphatic rings. The first-order chi connectivity index (χ1) is 15.8. The van der Waals surface area contributed by atoms with E-state index in [4.69, 9.17) is 18.9 Å². The molecule has 3 aromatic rings. The molecule has 1 fully saturated rings. The molecule has 0 aliphatic carbocycles. The van der Waals surface area contributed by atoms with Gasteiger partial charge in [0.15, 0.2) is 6.29 Å². The van der Waals surface area contributed by atoms with Crippen molar-refractivity contribution >= 4 is 0 Å². The minimum atomic E-state index is -0.800. The highest BCUT2D eigenvalue weighted by atomic mass is 16.7. The molecule has 1 N–H and O–H groups in total. The van der Waals surface area contributed by atoms with Gasteiger partial charge in [0.05, 0.1) is 32.5 Å². The van der Waals surface area contributed by atoms with Crippen molar-refractivity contribution in [3.63, 3.8) is 0 Å². The molecule has 5 heteroatoms. The fraction of sp³-hybridized carbons (Fsp3) is 0.333. The normalized spacial score (nSPS) is 23.2. The van der Waals surface area contributed by atoms with Crippen LogP contribution in [-0.2, 0) is 38.8 Å². The first-order valence-electron chi connectivity index (χ1n) is 11.0. The zero-order chi connectivity index (χ0) is 22.0. The maximum atomic E-state index is 10.9. The molecular weight excluding hydrogens is 404 g/mol. The molecule has 1 unspecified atom stereocenters. The van der Waals surface area contributed by atoms with Crippen molar-refractivity contribution in [2.24, 2.45) is 0 Å². The lowest BCUT2D eigenvalue weighted by Crippen LogP contribution is -2.51. The Kier molecular flexibility index (Phi) is 8.42. The van der Waals surface area contributed by atoms with E-state index in [1.807, 2.05) is 91.0 Å². The molecule has 4 atom stereocenters. The number of rotatable bonds is 10. The third-order valence-corrected chi connectivity index (χ3v) is 5.49. The highest BCUT2D eigenvalue weighted by molar-refractivity contribution is 5.15. The maximum Gasteiger partial charge on any atom is 0.161 e. The lowest BCUT2D eigenvalue weighted by atomic mass is 10.0. The van der Waals surface area contributed by atoms with E-state index in [-0.39, 0.29) is 6.61 Å². The van der Waals surface area contributed by atoms with Gasteiger partial charge in [-0.1, -0.05) is 91.0 Å². The minimum absolute atomic E-state index is 0.256. The van der Waals surface area contributed by atoms with Crippen LogP contribution in [0.15, 0.2) is 91.0 Å². The van der Waals surface area contributed by atoms with Gasteiger partial charge in [-0.05, 0) is 16.7 Å². The number of ether oxygens (including phenoxy) is 4. The number of aliphatic hydroxyl groups is 1. The molecule has 0 radical (unpaired) electrons. The predicted octanol–water partition coefficient (Wildman–Crippen LogP) is 4.48. The SMILES string of the molecule is O[C@@H]1C(COCc2ccccc2)O[C@H](OCc2ccccc2)C[C@@H]1OCc1ccccc1. The van der Waals surface area contributed by atoms with E-state index in [1.54, 1.807) is 0 Å². The Morgan fingerprint density at radius 2 is 1.19 bits per heavy atom. The van der Waals surface area contributed by atoms with Gasteiger partial charge in [-0.3, -0.25) is 0 Å². The van der Waals surface area contributed by atoms with E-state index >= 15 is 0 Å². The Morgan fingerprint density at radius 1 is 0.688 bits per heavy atom. The molecule has 1 heterocycles. The molecule has 1 saturated heterocycles. The molecule has 1 aliphatic heterocycles. The zero-order valence-electron chi connectivity index (χ0n) is 18.1. The van der Waals surface area contributed by atoms with Crippen molar-refractivity contribution in [1.82, 2.24) is 0 Å². The quantitative estimate of drug-likeness (QED) is 0.510. The van der Waals surface area contributed by atoms with Gasteiger partial charge in [0.2, 0.25) is 0 Å². The Bertz CT molecular complexity index is 903. The summed E-state index contributed by atoms with van der Waals surface area (Å²) in [5, 5.41) is 10.9. The summed E-state index contributed by atoms with van der Waals surface area (Å²) in [6, 6.07) is 29.9. The van der Waals surface area contributed by atoms with Crippen LogP contribution in [0.1, 0.15) is 23.1 Å². The lowest BCUT2D eigenvalue weighted by Gasteiger charge is -2.39. The number of hydrogen-bond acceptors (Lipinski definition) is 5. The van der Waals surface area contributed by atoms with E-state index in [0.717, 1.165) is 16.7 Å². The van der Waals surface area contributed by atoms with Gasteiger partial charge in [-0.15, -0.1) is 0 Å². The fourth-order valence-corrected chi connectivity index (χ4v) is 3.72. The second kappa shape index (κ2) is 11.9. The van der Waals surface area contributed by atoms with E-state index in [9.17, 15) is 5.11 Å². The third kappa shape index (κ3) is 6.73. The van der Waals surface area contributed by atoms with Crippen LogP contribution < -0.4 is 0 Å². The van der Waals surface area contributed by atoms with E-state index in [1.165, 1.54) is 0 Å². The van der Waals surface area contributed by atoms with Gasteiger partial charge in [-0.25, -0.2) is 0 Å². The molecule has 168 valence electrons. The van der Waals surface area contributed by atoms with Crippen LogP contribution in [0, 0.1) is 0 Å². The minimum Gasteiger partial charge on any atom is -0.388 e. The van der Waals surface area contributed by atoms with E-state index in [2.05, 4.69) is 0 Å². The standard InChI is InChI=1S/C27H30O5/c28-27-24(30-18-22-12-6-2-7-13-22)16-26(31-19-23-14-8-3-9-15-23)32-25(27)20-29-17-21-10-4-1-5-11-21/h1-15,24-28H,16-20H2/t24-,25?,26-,27-/m0/s1. The van der Waals surface area contributed by atoms with E-state index in [0.29, 0.717) is 26.2 Å². The second-order valence-electron chi connectivity index (χ2n) is 7.96. The number of aliphatic hydroxyl groups excluding tert-OH is 1. The molecule has 32 heavy (non-hydrogen) atoms. The van der Waals surface area contributed by atoms with Crippen LogP contribution in [0.5, 0.6) is 0 Å². The second-order valence-corrected chi connectivity index (χ2v) is 7.96. The molecule has 0 spiro atoms. The first-order valence-corrected chi connectivity index (χ1v) is 11.0. The van der Waals surface area contributed by atoms with Crippen molar-refractivity contribution in [2.75, 3.05) is 6.61 Å². The van der Waals surface area contributed by atoms with Gasteiger partial charge in [-0.2, -0.15) is 0 Å². The van der Waals surface area contributed by atoms with Crippen LogP contribution >= 0.6 is 0 Å². The van der Waals surface area contributed by atoms with Crippen LogP contribution in [0.4, 0.5) is 0 Å². The highest BCUT2D eigenvalue weighted by Gasteiger charge is 2.39. The van der Waals surface area contributed by atoms with Crippen molar-refractivity contribution in [3.05, 3.63) is 108 Å². The maximum absolute atomic E-state index is 10.9.